The molecule has 0 saturated carbocycles. The van der Waals surface area contributed by atoms with E-state index in [2.05, 4.69) is 69.7 Å². The maximum atomic E-state index is 4.74. The Morgan fingerprint density at radius 1 is 1.10 bits per heavy atom. The zero-order chi connectivity index (χ0) is 15.6. The average Bonchev–Trinajstić information content (AvgIpc) is 2.63. The predicted molar refractivity (Wildman–Crippen MR) is 88.8 cm³/mol. The number of hydrogen-bond donors (Lipinski definition) is 1. The second kappa shape index (κ2) is 6.44. The van der Waals surface area contributed by atoms with Crippen LogP contribution in [0.3, 0.4) is 0 Å². The molecule has 0 bridgehead atoms. The number of aromatic nitrogens is 2. The number of hydrogen-bond acceptors (Lipinski definition) is 2. The average molecular weight is 285 g/mol. The molecule has 1 unspecified atom stereocenters. The smallest absolute Gasteiger partial charge is 0.0662 e. The summed E-state index contributed by atoms with van der Waals surface area (Å²) in [4.78, 5) is 0. The van der Waals surface area contributed by atoms with Crippen molar-refractivity contribution in [1.29, 1.82) is 0 Å². The lowest BCUT2D eigenvalue weighted by atomic mass is 10.1. The third kappa shape index (κ3) is 3.53. The number of benzene rings is 1. The van der Waals surface area contributed by atoms with Gasteiger partial charge in [-0.2, -0.15) is 5.10 Å². The Bertz CT molecular complexity index is 605. The predicted octanol–water partition coefficient (Wildman–Crippen LogP) is 3.84. The molecule has 0 saturated heterocycles. The van der Waals surface area contributed by atoms with Gasteiger partial charge in [0.2, 0.25) is 0 Å². The van der Waals surface area contributed by atoms with Crippen LogP contribution in [0.15, 0.2) is 18.2 Å². The molecule has 1 N–H and O–H groups in total. The van der Waals surface area contributed by atoms with Gasteiger partial charge in [0, 0.05) is 17.3 Å². The Morgan fingerprint density at radius 2 is 1.71 bits per heavy atom. The molecule has 1 aromatic carbocycles. The van der Waals surface area contributed by atoms with Crippen molar-refractivity contribution in [2.75, 3.05) is 6.54 Å². The van der Waals surface area contributed by atoms with Gasteiger partial charge in [-0.25, -0.2) is 0 Å². The molecule has 0 amide bonds. The van der Waals surface area contributed by atoms with Crippen molar-refractivity contribution in [1.82, 2.24) is 15.1 Å². The maximum Gasteiger partial charge on any atom is 0.0662 e. The summed E-state index contributed by atoms with van der Waals surface area (Å²) < 4.78 is 2.13. The van der Waals surface area contributed by atoms with Crippen LogP contribution in [0, 0.1) is 27.7 Å². The maximum absolute atomic E-state index is 4.74. The second-order valence-corrected chi connectivity index (χ2v) is 6.02. The molecule has 2 aromatic rings. The van der Waals surface area contributed by atoms with Crippen LogP contribution in [0.5, 0.6) is 0 Å². The van der Waals surface area contributed by atoms with Crippen molar-refractivity contribution in [2.24, 2.45) is 0 Å². The van der Waals surface area contributed by atoms with Gasteiger partial charge in [-0.1, -0.05) is 36.2 Å². The molecule has 114 valence electrons. The zero-order valence-electron chi connectivity index (χ0n) is 14.1. The Kier molecular flexibility index (Phi) is 4.84. The van der Waals surface area contributed by atoms with Gasteiger partial charge in [0.1, 0.15) is 0 Å². The molecule has 0 fully saturated rings. The topological polar surface area (TPSA) is 29.9 Å². The molecule has 0 aliphatic rings. The quantitative estimate of drug-likeness (QED) is 0.904. The Balaban J connectivity index is 2.31. The highest BCUT2D eigenvalue weighted by atomic mass is 15.3. The van der Waals surface area contributed by atoms with Gasteiger partial charge >= 0.3 is 0 Å². The Morgan fingerprint density at radius 3 is 2.29 bits per heavy atom. The summed E-state index contributed by atoms with van der Waals surface area (Å²) in [6, 6.07) is 7.06. The number of rotatable bonds is 5. The minimum absolute atomic E-state index is 0.350. The lowest BCUT2D eigenvalue weighted by molar-refractivity contribution is 0.589. The third-order valence-electron chi connectivity index (χ3n) is 3.99. The van der Waals surface area contributed by atoms with Crippen LogP contribution in [0.1, 0.15) is 53.5 Å². The zero-order valence-corrected chi connectivity index (χ0v) is 14.1. The van der Waals surface area contributed by atoms with Gasteiger partial charge in [0.15, 0.2) is 0 Å². The van der Waals surface area contributed by atoms with Gasteiger partial charge in [-0.05, 0) is 46.7 Å². The standard InChI is InChI=1S/C18H27N3/c1-7-19-14(4)18-15(5)20-21(16(18)6)11-17-9-12(2)8-13(3)10-17/h8-10,14,19H,7,11H2,1-6H3. The Labute approximate surface area is 128 Å². The summed E-state index contributed by atoms with van der Waals surface area (Å²) in [6.07, 6.45) is 0. The van der Waals surface area contributed by atoms with E-state index in [1.165, 1.54) is 27.9 Å². The van der Waals surface area contributed by atoms with E-state index in [0.29, 0.717) is 6.04 Å². The highest BCUT2D eigenvalue weighted by Gasteiger charge is 2.16. The lowest BCUT2D eigenvalue weighted by Crippen LogP contribution is -2.19. The summed E-state index contributed by atoms with van der Waals surface area (Å²) in [5, 5.41) is 8.23. The molecule has 0 radical (unpaired) electrons. The van der Waals surface area contributed by atoms with E-state index in [1.807, 2.05) is 0 Å². The molecule has 21 heavy (non-hydrogen) atoms. The molecular weight excluding hydrogens is 258 g/mol. The van der Waals surface area contributed by atoms with Crippen molar-refractivity contribution in [3.8, 4) is 0 Å². The van der Waals surface area contributed by atoms with Crippen LogP contribution in [-0.4, -0.2) is 16.3 Å². The highest BCUT2D eigenvalue weighted by Crippen LogP contribution is 2.22. The second-order valence-electron chi connectivity index (χ2n) is 6.02. The normalized spacial score (nSPS) is 12.7. The van der Waals surface area contributed by atoms with E-state index in [0.717, 1.165) is 18.8 Å². The third-order valence-corrected chi connectivity index (χ3v) is 3.99. The van der Waals surface area contributed by atoms with Crippen LogP contribution >= 0.6 is 0 Å². The first-order valence-electron chi connectivity index (χ1n) is 7.76. The fraction of sp³-hybridized carbons (Fsp3) is 0.500. The molecule has 3 nitrogen and oxygen atoms in total. The van der Waals surface area contributed by atoms with E-state index >= 15 is 0 Å². The van der Waals surface area contributed by atoms with E-state index in [9.17, 15) is 0 Å². The van der Waals surface area contributed by atoms with E-state index in [-0.39, 0.29) is 0 Å². The van der Waals surface area contributed by atoms with Gasteiger partial charge < -0.3 is 5.32 Å². The van der Waals surface area contributed by atoms with Crippen LogP contribution in [0.2, 0.25) is 0 Å². The largest absolute Gasteiger partial charge is 0.310 e. The Hall–Kier alpha value is -1.61. The summed E-state index contributed by atoms with van der Waals surface area (Å²) in [7, 11) is 0. The molecule has 0 aliphatic carbocycles. The van der Waals surface area contributed by atoms with Gasteiger partial charge in [-0.15, -0.1) is 0 Å². The number of nitrogens with zero attached hydrogens (tertiary/aromatic N) is 2. The van der Waals surface area contributed by atoms with Crippen LogP contribution in [-0.2, 0) is 6.54 Å². The number of nitrogens with one attached hydrogen (secondary N) is 1. The van der Waals surface area contributed by atoms with Gasteiger partial charge in [-0.3, -0.25) is 4.68 Å². The molecule has 0 spiro atoms. The molecular formula is C18H27N3. The lowest BCUT2D eigenvalue weighted by Gasteiger charge is -2.13. The first-order chi connectivity index (χ1) is 9.92. The van der Waals surface area contributed by atoms with Crippen molar-refractivity contribution in [3.63, 3.8) is 0 Å². The SMILES string of the molecule is CCNC(C)c1c(C)nn(Cc2cc(C)cc(C)c2)c1C. The minimum atomic E-state index is 0.350. The summed E-state index contributed by atoms with van der Waals surface area (Å²) in [5.74, 6) is 0. The van der Waals surface area contributed by atoms with Crippen LogP contribution in [0.4, 0.5) is 0 Å². The van der Waals surface area contributed by atoms with Gasteiger partial charge in [0.05, 0.1) is 12.2 Å². The molecule has 2 rings (SSSR count). The minimum Gasteiger partial charge on any atom is -0.310 e. The van der Waals surface area contributed by atoms with E-state index in [1.54, 1.807) is 0 Å². The van der Waals surface area contributed by atoms with Crippen molar-refractivity contribution in [2.45, 2.75) is 54.1 Å². The summed E-state index contributed by atoms with van der Waals surface area (Å²) in [6.45, 7) is 14.7. The van der Waals surface area contributed by atoms with Crippen molar-refractivity contribution >= 4 is 0 Å². The molecule has 1 atom stereocenters. The van der Waals surface area contributed by atoms with Crippen molar-refractivity contribution in [3.05, 3.63) is 51.8 Å². The number of aryl methyl sites for hydroxylation is 3. The first kappa shape index (κ1) is 15.8. The van der Waals surface area contributed by atoms with E-state index < -0.39 is 0 Å². The van der Waals surface area contributed by atoms with Crippen LogP contribution < -0.4 is 5.32 Å². The molecule has 1 aromatic heterocycles. The molecule has 0 aliphatic heterocycles. The van der Waals surface area contributed by atoms with Crippen molar-refractivity contribution < 1.29 is 0 Å². The van der Waals surface area contributed by atoms with Crippen LogP contribution in [0.25, 0.3) is 0 Å². The molecule has 3 heteroatoms. The summed E-state index contributed by atoms with van der Waals surface area (Å²) in [5.41, 5.74) is 7.67. The van der Waals surface area contributed by atoms with Gasteiger partial charge in [0.25, 0.3) is 0 Å². The fourth-order valence-corrected chi connectivity index (χ4v) is 3.23. The highest BCUT2D eigenvalue weighted by molar-refractivity contribution is 5.31. The van der Waals surface area contributed by atoms with E-state index in [4.69, 9.17) is 5.10 Å². The molecule has 1 heterocycles. The first-order valence-corrected chi connectivity index (χ1v) is 7.76. The fourth-order valence-electron chi connectivity index (χ4n) is 3.23. The monoisotopic (exact) mass is 285 g/mol. The summed E-state index contributed by atoms with van der Waals surface area (Å²) >= 11 is 0.